The number of aliphatic carboxylic acids is 2. The third-order valence-electron chi connectivity index (χ3n) is 1.25. The zero-order valence-electron chi connectivity index (χ0n) is 9.25. The summed E-state index contributed by atoms with van der Waals surface area (Å²) >= 11 is 0. The number of hydrogen-bond donors (Lipinski definition) is 4. The summed E-state index contributed by atoms with van der Waals surface area (Å²) in [5.41, 5.74) is 0.370. The predicted molar refractivity (Wildman–Crippen MR) is 57.8 cm³/mol. The molecule has 4 N–H and O–H groups in total. The average Bonchev–Trinajstić information content (AvgIpc) is 2.00. The van der Waals surface area contributed by atoms with Gasteiger partial charge >= 0.3 is 19.1 Å². The van der Waals surface area contributed by atoms with Crippen LogP contribution in [0.3, 0.4) is 0 Å². The predicted octanol–water partition coefficient (Wildman–Crippen LogP) is -1.34. The molecule has 0 fully saturated rings. The number of carboxylic acids is 2. The Morgan fingerprint density at radius 1 is 1.19 bits per heavy atom. The maximum Gasteiger partial charge on any atom is 0.483 e. The van der Waals surface area contributed by atoms with E-state index < -0.39 is 19.1 Å². The molecule has 0 aromatic heterocycles. The summed E-state index contributed by atoms with van der Waals surface area (Å²) in [5.74, 6) is -2.05. The van der Waals surface area contributed by atoms with Crippen LogP contribution in [0.4, 0.5) is 0 Å². The lowest BCUT2D eigenvalue weighted by Gasteiger charge is -2.08. The van der Waals surface area contributed by atoms with Crippen molar-refractivity contribution in [2.24, 2.45) is 0 Å². The third kappa shape index (κ3) is 15.1. The average molecular weight is 233 g/mol. The van der Waals surface area contributed by atoms with E-state index in [1.807, 2.05) is 0 Å². The van der Waals surface area contributed by atoms with Crippen molar-refractivity contribution < 1.29 is 29.9 Å². The summed E-state index contributed by atoms with van der Waals surface area (Å²) < 4.78 is 0. The fourth-order valence-electron chi connectivity index (χ4n) is 0.518. The highest BCUT2D eigenvalue weighted by Crippen LogP contribution is 1.84. The van der Waals surface area contributed by atoms with Crippen LogP contribution < -0.4 is 0 Å². The fourth-order valence-corrected chi connectivity index (χ4v) is 0.518. The molecule has 0 amide bonds. The van der Waals surface area contributed by atoms with Crippen LogP contribution in [0.5, 0.6) is 0 Å². The number of hydrogen-bond acceptors (Lipinski definition) is 5. The Bertz CT molecular complexity index is 239. The summed E-state index contributed by atoms with van der Waals surface area (Å²) in [6, 6.07) is 0. The van der Waals surface area contributed by atoms with Crippen molar-refractivity contribution in [1.82, 2.24) is 4.90 Å². The SMILES string of the molecule is C=C(C)B(O)O.CN(CC(=O)O)CC(=O)O. The zero-order chi connectivity index (χ0) is 13.3. The summed E-state index contributed by atoms with van der Waals surface area (Å²) in [6.07, 6.45) is 0. The Morgan fingerprint density at radius 2 is 1.44 bits per heavy atom. The molecule has 0 radical (unpaired) electrons. The first-order chi connectivity index (χ1) is 7.16. The highest BCUT2D eigenvalue weighted by molar-refractivity contribution is 6.50. The van der Waals surface area contributed by atoms with Gasteiger partial charge in [0.2, 0.25) is 0 Å². The van der Waals surface area contributed by atoms with Gasteiger partial charge in [0.25, 0.3) is 0 Å². The zero-order valence-corrected chi connectivity index (χ0v) is 9.25. The minimum atomic E-state index is -1.34. The van der Waals surface area contributed by atoms with Crippen LogP contribution in [0.25, 0.3) is 0 Å². The van der Waals surface area contributed by atoms with Crippen LogP contribution in [0.15, 0.2) is 12.1 Å². The largest absolute Gasteiger partial charge is 0.483 e. The van der Waals surface area contributed by atoms with E-state index >= 15 is 0 Å². The lowest BCUT2D eigenvalue weighted by Crippen LogP contribution is -2.30. The second-order valence-corrected chi connectivity index (χ2v) is 3.18. The van der Waals surface area contributed by atoms with Crippen LogP contribution in [-0.2, 0) is 9.59 Å². The Kier molecular flexibility index (Phi) is 9.47. The molecule has 92 valence electrons. The molecule has 16 heavy (non-hydrogen) atoms. The van der Waals surface area contributed by atoms with Crippen molar-refractivity contribution in [2.45, 2.75) is 6.92 Å². The number of rotatable bonds is 5. The molecule has 0 saturated heterocycles. The van der Waals surface area contributed by atoms with E-state index in [9.17, 15) is 9.59 Å². The molecule has 0 aliphatic heterocycles. The van der Waals surface area contributed by atoms with E-state index in [4.69, 9.17) is 20.3 Å². The summed E-state index contributed by atoms with van der Waals surface area (Å²) in [7, 11) is 0.0902. The number of carboxylic acid groups (broad SMARTS) is 2. The Morgan fingerprint density at radius 3 is 1.56 bits per heavy atom. The van der Waals surface area contributed by atoms with Crippen molar-refractivity contribution in [2.75, 3.05) is 20.1 Å². The van der Waals surface area contributed by atoms with E-state index in [2.05, 4.69) is 6.58 Å². The van der Waals surface area contributed by atoms with Crippen molar-refractivity contribution >= 4 is 19.1 Å². The maximum absolute atomic E-state index is 9.96. The van der Waals surface area contributed by atoms with E-state index in [1.54, 1.807) is 6.92 Å². The van der Waals surface area contributed by atoms with Crippen LogP contribution in [0.2, 0.25) is 0 Å². The molecule has 0 aliphatic carbocycles. The van der Waals surface area contributed by atoms with E-state index in [0.29, 0.717) is 5.47 Å². The molecule has 0 aromatic rings. The first-order valence-corrected chi connectivity index (χ1v) is 4.30. The smallest absolute Gasteiger partial charge is 0.480 e. The molecule has 0 rings (SSSR count). The molecule has 0 spiro atoms. The van der Waals surface area contributed by atoms with Crippen LogP contribution >= 0.6 is 0 Å². The molecule has 0 aromatic carbocycles. The Labute approximate surface area is 93.8 Å². The molecular formula is C8H16BNO6. The van der Waals surface area contributed by atoms with Gasteiger partial charge in [0.15, 0.2) is 0 Å². The Balaban J connectivity index is 0. The van der Waals surface area contributed by atoms with Crippen molar-refractivity contribution in [3.05, 3.63) is 12.1 Å². The quantitative estimate of drug-likeness (QED) is 0.434. The molecule has 8 heteroatoms. The minimum absolute atomic E-state index is 0.244. The van der Waals surface area contributed by atoms with Gasteiger partial charge in [0.1, 0.15) is 0 Å². The second kappa shape index (κ2) is 8.90. The van der Waals surface area contributed by atoms with Crippen LogP contribution in [-0.4, -0.2) is 64.4 Å². The first kappa shape index (κ1) is 17.0. The van der Waals surface area contributed by atoms with Gasteiger partial charge in [-0.15, -0.1) is 6.58 Å². The molecule has 0 atom stereocenters. The molecule has 0 aliphatic rings. The van der Waals surface area contributed by atoms with Gasteiger partial charge < -0.3 is 20.3 Å². The molecule has 7 nitrogen and oxygen atoms in total. The van der Waals surface area contributed by atoms with Crippen LogP contribution in [0, 0.1) is 0 Å². The number of likely N-dealkylation sites (N-methyl/N-ethyl adjacent to an activating group) is 1. The first-order valence-electron chi connectivity index (χ1n) is 4.30. The summed E-state index contributed by atoms with van der Waals surface area (Å²) in [5, 5.41) is 32.5. The Hall–Kier alpha value is -1.38. The summed E-state index contributed by atoms with van der Waals surface area (Å²) in [4.78, 5) is 21.1. The number of allylic oxidation sites excluding steroid dienone is 1. The standard InChI is InChI=1S/C5H9NO4.C3H7BO2/c1-6(2-4(7)8)3-5(9)10;1-3(2)4(5)6/h2-3H2,1H3,(H,7,8)(H,9,10);5-6H,1H2,2H3. The van der Waals surface area contributed by atoms with E-state index in [1.165, 1.54) is 11.9 Å². The molecule has 0 unspecified atom stereocenters. The van der Waals surface area contributed by atoms with Gasteiger partial charge in [-0.3, -0.25) is 14.5 Å². The molecule has 0 saturated carbocycles. The van der Waals surface area contributed by atoms with Gasteiger partial charge in [0, 0.05) is 0 Å². The van der Waals surface area contributed by atoms with Gasteiger partial charge in [0.05, 0.1) is 13.1 Å². The monoisotopic (exact) mass is 233 g/mol. The topological polar surface area (TPSA) is 118 Å². The molecular weight excluding hydrogens is 217 g/mol. The second-order valence-electron chi connectivity index (χ2n) is 3.18. The van der Waals surface area contributed by atoms with Gasteiger partial charge in [-0.25, -0.2) is 0 Å². The summed E-state index contributed by atoms with van der Waals surface area (Å²) in [6.45, 7) is 4.31. The number of nitrogens with zero attached hydrogens (tertiary/aromatic N) is 1. The highest BCUT2D eigenvalue weighted by Gasteiger charge is 2.06. The van der Waals surface area contributed by atoms with Gasteiger partial charge in [-0.05, 0) is 14.0 Å². The molecule has 0 bridgehead atoms. The third-order valence-corrected chi connectivity index (χ3v) is 1.25. The highest BCUT2D eigenvalue weighted by atomic mass is 16.4. The maximum atomic E-state index is 9.96. The van der Waals surface area contributed by atoms with Gasteiger partial charge in [-0.2, -0.15) is 0 Å². The van der Waals surface area contributed by atoms with Gasteiger partial charge in [-0.1, -0.05) is 5.47 Å². The van der Waals surface area contributed by atoms with Crippen LogP contribution in [0.1, 0.15) is 6.92 Å². The van der Waals surface area contributed by atoms with E-state index in [0.717, 1.165) is 0 Å². The van der Waals surface area contributed by atoms with Crippen molar-refractivity contribution in [3.63, 3.8) is 0 Å². The lowest BCUT2D eigenvalue weighted by atomic mass is 9.82. The van der Waals surface area contributed by atoms with Crippen molar-refractivity contribution in [3.8, 4) is 0 Å². The fraction of sp³-hybridized carbons (Fsp3) is 0.500. The number of carbonyl (C=O) groups is 2. The van der Waals surface area contributed by atoms with Crippen molar-refractivity contribution in [1.29, 1.82) is 0 Å². The minimum Gasteiger partial charge on any atom is -0.480 e. The molecule has 0 heterocycles. The normalized spacial score (nSPS) is 9.06. The lowest BCUT2D eigenvalue weighted by molar-refractivity contribution is -0.141. The van der Waals surface area contributed by atoms with E-state index in [-0.39, 0.29) is 13.1 Å².